The lowest BCUT2D eigenvalue weighted by molar-refractivity contribution is 0.718. The molecule has 1 rings (SSSR count). The highest BCUT2D eigenvalue weighted by Gasteiger charge is 2.27. The van der Waals surface area contributed by atoms with Gasteiger partial charge in [-0.1, -0.05) is 0 Å². The van der Waals surface area contributed by atoms with Crippen molar-refractivity contribution in [3.63, 3.8) is 0 Å². The molecular weight excluding hydrogens is 200 g/mol. The zero-order chi connectivity index (χ0) is 10.1. The summed E-state index contributed by atoms with van der Waals surface area (Å²) in [6.45, 7) is 2.05. The maximum absolute atomic E-state index is 6.16. The highest BCUT2D eigenvalue weighted by molar-refractivity contribution is 8.03. The van der Waals surface area contributed by atoms with E-state index in [2.05, 4.69) is 13.0 Å². The van der Waals surface area contributed by atoms with Crippen molar-refractivity contribution in [1.82, 2.24) is 0 Å². The van der Waals surface area contributed by atoms with E-state index in [1.54, 1.807) is 23.5 Å². The van der Waals surface area contributed by atoms with Crippen molar-refractivity contribution in [3.05, 3.63) is 22.3 Å². The topological polar surface area (TPSA) is 52.0 Å². The van der Waals surface area contributed by atoms with Gasteiger partial charge in [0.1, 0.15) is 0 Å². The quantitative estimate of drug-likeness (QED) is 0.692. The van der Waals surface area contributed by atoms with E-state index in [1.165, 1.54) is 5.57 Å². The van der Waals surface area contributed by atoms with Crippen LogP contribution < -0.4 is 11.5 Å². The molecule has 13 heavy (non-hydrogen) atoms. The van der Waals surface area contributed by atoms with Gasteiger partial charge in [-0.2, -0.15) is 0 Å². The van der Waals surface area contributed by atoms with Crippen LogP contribution in [-0.2, 0) is 0 Å². The van der Waals surface area contributed by atoms with Gasteiger partial charge in [-0.15, -0.1) is 23.5 Å². The summed E-state index contributed by atoms with van der Waals surface area (Å²) in [5, 5.41) is 0. The van der Waals surface area contributed by atoms with Crippen LogP contribution in [0.25, 0.3) is 0 Å². The van der Waals surface area contributed by atoms with Crippen molar-refractivity contribution in [2.75, 3.05) is 12.5 Å². The van der Waals surface area contributed by atoms with E-state index in [-0.39, 0.29) is 4.87 Å². The summed E-state index contributed by atoms with van der Waals surface area (Å²) in [7, 11) is 0. The van der Waals surface area contributed by atoms with Crippen molar-refractivity contribution in [3.8, 4) is 0 Å². The Bertz CT molecular complexity index is 271. The first-order valence-corrected chi connectivity index (χ1v) is 6.54. The number of rotatable bonds is 2. The molecule has 74 valence electrons. The van der Waals surface area contributed by atoms with Gasteiger partial charge in [-0.3, -0.25) is 0 Å². The normalized spacial score (nSPS) is 29.1. The van der Waals surface area contributed by atoms with E-state index < -0.39 is 0 Å². The minimum atomic E-state index is -0.259. The molecule has 4 N–H and O–H groups in total. The van der Waals surface area contributed by atoms with Crippen molar-refractivity contribution in [1.29, 1.82) is 0 Å². The molecule has 0 saturated carbocycles. The third kappa shape index (κ3) is 2.24. The predicted molar refractivity (Wildman–Crippen MR) is 63.5 cm³/mol. The van der Waals surface area contributed by atoms with Gasteiger partial charge in [-0.25, -0.2) is 0 Å². The van der Waals surface area contributed by atoms with Gasteiger partial charge in [0.05, 0.1) is 4.87 Å². The molecule has 0 spiro atoms. The number of hydrogen-bond acceptors (Lipinski definition) is 4. The first-order chi connectivity index (χ1) is 6.02. The van der Waals surface area contributed by atoms with Crippen molar-refractivity contribution >= 4 is 23.5 Å². The molecule has 0 aromatic rings. The van der Waals surface area contributed by atoms with Gasteiger partial charge in [0.25, 0.3) is 0 Å². The average molecular weight is 216 g/mol. The fourth-order valence-corrected chi connectivity index (χ4v) is 2.76. The Kier molecular flexibility index (Phi) is 3.38. The summed E-state index contributed by atoms with van der Waals surface area (Å²) in [6.07, 6.45) is 6.98. The Hall–Kier alpha value is -0.0600. The molecule has 2 nitrogen and oxygen atoms in total. The highest BCUT2D eigenvalue weighted by Crippen LogP contribution is 2.37. The van der Waals surface area contributed by atoms with Crippen molar-refractivity contribution in [2.45, 2.75) is 18.2 Å². The van der Waals surface area contributed by atoms with Crippen LogP contribution in [-0.4, -0.2) is 17.4 Å². The second-order valence-corrected chi connectivity index (χ2v) is 5.26. The van der Waals surface area contributed by atoms with E-state index in [0.29, 0.717) is 0 Å². The van der Waals surface area contributed by atoms with Crippen LogP contribution in [0.15, 0.2) is 22.3 Å². The van der Waals surface area contributed by atoms with Gasteiger partial charge in [-0.05, 0) is 31.1 Å². The van der Waals surface area contributed by atoms with Gasteiger partial charge in [0.2, 0.25) is 0 Å². The maximum atomic E-state index is 6.16. The summed E-state index contributed by atoms with van der Waals surface area (Å²) in [5.74, 6) is 0. The molecule has 0 amide bonds. The minimum Gasteiger partial charge on any atom is -0.398 e. The fraction of sp³-hybridized carbons (Fsp3) is 0.556. The van der Waals surface area contributed by atoms with E-state index in [0.717, 1.165) is 17.0 Å². The molecule has 0 saturated heterocycles. The molecule has 0 heterocycles. The zero-order valence-electron chi connectivity index (χ0n) is 8.26. The first-order valence-electron chi connectivity index (χ1n) is 4.09. The fourth-order valence-electron chi connectivity index (χ4n) is 1.37. The SMILES string of the molecule is CSC1=CC(N)(SC)CC(C)=C1N. The summed E-state index contributed by atoms with van der Waals surface area (Å²) < 4.78 is 0. The maximum Gasteiger partial charge on any atom is 0.0856 e. The Balaban J connectivity index is 3.02. The predicted octanol–water partition coefficient (Wildman–Crippen LogP) is 1.89. The Morgan fingerprint density at radius 1 is 1.46 bits per heavy atom. The summed E-state index contributed by atoms with van der Waals surface area (Å²) in [6, 6.07) is 0. The summed E-state index contributed by atoms with van der Waals surface area (Å²) in [5.41, 5.74) is 14.2. The largest absolute Gasteiger partial charge is 0.398 e. The lowest BCUT2D eigenvalue weighted by Gasteiger charge is -2.30. The van der Waals surface area contributed by atoms with Crippen LogP contribution in [0.5, 0.6) is 0 Å². The third-order valence-corrected chi connectivity index (χ3v) is 4.04. The molecule has 0 aromatic heterocycles. The second kappa shape index (κ2) is 3.98. The van der Waals surface area contributed by atoms with Crippen molar-refractivity contribution in [2.24, 2.45) is 11.5 Å². The Labute approximate surface area is 88.2 Å². The number of thioether (sulfide) groups is 2. The molecule has 0 bridgehead atoms. The van der Waals surface area contributed by atoms with E-state index in [9.17, 15) is 0 Å². The van der Waals surface area contributed by atoms with Gasteiger partial charge >= 0.3 is 0 Å². The van der Waals surface area contributed by atoms with Gasteiger partial charge in [0.15, 0.2) is 0 Å². The Morgan fingerprint density at radius 3 is 2.54 bits per heavy atom. The lowest BCUT2D eigenvalue weighted by Crippen LogP contribution is -2.36. The molecule has 0 radical (unpaired) electrons. The molecule has 4 heteroatoms. The van der Waals surface area contributed by atoms with E-state index in [1.807, 2.05) is 12.5 Å². The molecular formula is C9H16N2S2. The van der Waals surface area contributed by atoms with Crippen LogP contribution in [0.4, 0.5) is 0 Å². The summed E-state index contributed by atoms with van der Waals surface area (Å²) in [4.78, 5) is 0.853. The van der Waals surface area contributed by atoms with Crippen molar-refractivity contribution < 1.29 is 0 Å². The lowest BCUT2D eigenvalue weighted by atomic mass is 9.99. The zero-order valence-corrected chi connectivity index (χ0v) is 9.89. The average Bonchev–Trinajstić information content (AvgIpc) is 2.11. The summed E-state index contributed by atoms with van der Waals surface area (Å²) >= 11 is 3.33. The van der Waals surface area contributed by atoms with E-state index >= 15 is 0 Å². The number of nitrogens with two attached hydrogens (primary N) is 2. The van der Waals surface area contributed by atoms with Gasteiger partial charge < -0.3 is 11.5 Å². The second-order valence-electron chi connectivity index (χ2n) is 3.24. The van der Waals surface area contributed by atoms with Crippen LogP contribution >= 0.6 is 23.5 Å². The molecule has 1 aliphatic rings. The third-order valence-electron chi connectivity index (χ3n) is 2.24. The monoisotopic (exact) mass is 216 g/mol. The Morgan fingerprint density at radius 2 is 2.08 bits per heavy atom. The van der Waals surface area contributed by atoms with Crippen LogP contribution in [0.2, 0.25) is 0 Å². The molecule has 1 unspecified atom stereocenters. The minimum absolute atomic E-state index is 0.259. The van der Waals surface area contributed by atoms with E-state index in [4.69, 9.17) is 11.5 Å². The molecule has 1 aliphatic carbocycles. The number of hydrogen-bond donors (Lipinski definition) is 2. The standard InChI is InChI=1S/C9H16N2S2/c1-6-4-9(11,13-3)5-7(12-2)8(6)10/h5H,4,10-11H2,1-3H3. The molecule has 0 aliphatic heterocycles. The highest BCUT2D eigenvalue weighted by atomic mass is 32.2. The van der Waals surface area contributed by atoms with Gasteiger partial charge in [0, 0.05) is 17.0 Å². The molecule has 0 fully saturated rings. The first kappa shape index (κ1) is 11.0. The van der Waals surface area contributed by atoms with Crippen LogP contribution in [0.1, 0.15) is 13.3 Å². The molecule has 0 aromatic carbocycles. The molecule has 1 atom stereocenters. The van der Waals surface area contributed by atoms with Crippen LogP contribution in [0, 0.1) is 0 Å². The smallest absolute Gasteiger partial charge is 0.0856 e. The van der Waals surface area contributed by atoms with Crippen LogP contribution in [0.3, 0.4) is 0 Å².